The fourth-order valence-electron chi connectivity index (χ4n) is 3.89. The molecule has 4 rings (SSSR count). The Morgan fingerprint density at radius 3 is 2.18 bits per heavy atom. The van der Waals surface area contributed by atoms with Gasteiger partial charge in [-0.1, -0.05) is 24.3 Å². The fraction of sp³-hybridized carbons (Fsp3) is 0.133. The third-order valence-corrected chi connectivity index (χ3v) is 6.77. The van der Waals surface area contributed by atoms with Gasteiger partial charge in [0.15, 0.2) is 11.5 Å². The van der Waals surface area contributed by atoms with E-state index in [1.165, 1.54) is 0 Å². The van der Waals surface area contributed by atoms with Crippen LogP contribution < -0.4 is 30.7 Å². The van der Waals surface area contributed by atoms with Crippen LogP contribution in [0.25, 0.3) is 0 Å². The summed E-state index contributed by atoms with van der Waals surface area (Å²) in [5.74, 6) is 0.788. The van der Waals surface area contributed by atoms with Gasteiger partial charge < -0.3 is 25.8 Å². The van der Waals surface area contributed by atoms with Crippen molar-refractivity contribution < 1.29 is 19.1 Å². The van der Waals surface area contributed by atoms with Gasteiger partial charge in [0.25, 0.3) is 5.91 Å². The van der Waals surface area contributed by atoms with Crippen LogP contribution in [-0.2, 0) is 6.54 Å². The predicted octanol–water partition coefficient (Wildman–Crippen LogP) is 6.50. The van der Waals surface area contributed by atoms with Crippen LogP contribution in [0, 0.1) is 0 Å². The Labute approximate surface area is 232 Å². The van der Waals surface area contributed by atoms with Crippen molar-refractivity contribution in [3.05, 3.63) is 102 Å². The van der Waals surface area contributed by atoms with E-state index in [4.69, 9.17) is 15.2 Å². The minimum absolute atomic E-state index is 0.248. The van der Waals surface area contributed by atoms with Gasteiger partial charge in [-0.25, -0.2) is 4.79 Å². The molecule has 8 nitrogen and oxygen atoms in total. The average molecular weight is 543 g/mol. The van der Waals surface area contributed by atoms with Crippen LogP contribution >= 0.6 is 11.8 Å². The van der Waals surface area contributed by atoms with Crippen LogP contribution in [0.3, 0.4) is 0 Å². The zero-order chi connectivity index (χ0) is 27.8. The number of rotatable bonds is 9. The lowest BCUT2D eigenvalue weighted by molar-refractivity contribution is 0.102. The number of amides is 3. The molecular formula is C30H30N4O4S. The highest BCUT2D eigenvalue weighted by molar-refractivity contribution is 7.98. The second-order valence-electron chi connectivity index (χ2n) is 8.52. The van der Waals surface area contributed by atoms with Gasteiger partial charge in [-0.05, 0) is 72.5 Å². The summed E-state index contributed by atoms with van der Waals surface area (Å²) in [6.45, 7) is 0.248. The molecule has 0 spiro atoms. The maximum absolute atomic E-state index is 13.5. The van der Waals surface area contributed by atoms with Gasteiger partial charge in [0.2, 0.25) is 0 Å². The number of para-hydroxylation sites is 2. The molecule has 0 saturated heterocycles. The summed E-state index contributed by atoms with van der Waals surface area (Å²) in [5, 5.41) is 5.79. The van der Waals surface area contributed by atoms with Crippen molar-refractivity contribution >= 4 is 46.4 Å². The molecule has 39 heavy (non-hydrogen) atoms. The Hall–Kier alpha value is -4.63. The van der Waals surface area contributed by atoms with Gasteiger partial charge in [0.05, 0.1) is 32.1 Å². The van der Waals surface area contributed by atoms with E-state index >= 15 is 0 Å². The summed E-state index contributed by atoms with van der Waals surface area (Å²) in [4.78, 5) is 28.9. The SMILES string of the molecule is COc1ccc(N(Cc2ccc(C(=O)Nc3ccccc3N)cc2)C(=O)Nc2ccc(SC)cc2)cc1OC. The molecule has 0 aromatic heterocycles. The molecule has 4 aromatic rings. The van der Waals surface area contributed by atoms with Crippen molar-refractivity contribution in [1.29, 1.82) is 0 Å². The highest BCUT2D eigenvalue weighted by atomic mass is 32.2. The lowest BCUT2D eigenvalue weighted by atomic mass is 10.1. The molecule has 0 aliphatic heterocycles. The highest BCUT2D eigenvalue weighted by Crippen LogP contribution is 2.32. The van der Waals surface area contributed by atoms with E-state index in [-0.39, 0.29) is 18.5 Å². The van der Waals surface area contributed by atoms with E-state index in [2.05, 4.69) is 10.6 Å². The Morgan fingerprint density at radius 1 is 0.846 bits per heavy atom. The van der Waals surface area contributed by atoms with E-state index < -0.39 is 0 Å². The zero-order valence-electron chi connectivity index (χ0n) is 21.9. The van der Waals surface area contributed by atoms with Crippen molar-refractivity contribution in [2.75, 3.05) is 41.7 Å². The molecule has 4 N–H and O–H groups in total. The Kier molecular flexibility index (Phi) is 8.96. The standard InChI is InChI=1S/C30H30N4O4S/c1-37-27-17-14-23(18-28(27)38-2)34(30(36)32-22-12-15-24(39-3)16-13-22)19-20-8-10-21(11-9-20)29(35)33-26-7-5-4-6-25(26)31/h4-18H,19,31H2,1-3H3,(H,32,36)(H,33,35). The number of hydrogen-bond donors (Lipinski definition) is 3. The number of carbonyl (C=O) groups excluding carboxylic acids is 2. The first kappa shape index (κ1) is 27.4. The third-order valence-electron chi connectivity index (χ3n) is 6.03. The van der Waals surface area contributed by atoms with Crippen molar-refractivity contribution in [3.8, 4) is 11.5 Å². The summed E-state index contributed by atoms with van der Waals surface area (Å²) in [6, 6.07) is 26.8. The maximum Gasteiger partial charge on any atom is 0.326 e. The lowest BCUT2D eigenvalue weighted by Crippen LogP contribution is -2.34. The normalized spacial score (nSPS) is 10.4. The number of thioether (sulfide) groups is 1. The van der Waals surface area contributed by atoms with Crippen molar-refractivity contribution in [3.63, 3.8) is 0 Å². The molecule has 0 atom stereocenters. The fourth-order valence-corrected chi connectivity index (χ4v) is 4.30. The number of anilines is 4. The van der Waals surface area contributed by atoms with Crippen LogP contribution in [0.2, 0.25) is 0 Å². The Bertz CT molecular complexity index is 1440. The minimum Gasteiger partial charge on any atom is -0.493 e. The Morgan fingerprint density at radius 2 is 1.54 bits per heavy atom. The van der Waals surface area contributed by atoms with E-state index in [1.54, 1.807) is 85.5 Å². The van der Waals surface area contributed by atoms with Crippen LogP contribution in [0.1, 0.15) is 15.9 Å². The first-order chi connectivity index (χ1) is 18.9. The van der Waals surface area contributed by atoms with Crippen molar-refractivity contribution in [2.45, 2.75) is 11.4 Å². The number of urea groups is 1. The minimum atomic E-state index is -0.319. The van der Waals surface area contributed by atoms with E-state index in [0.29, 0.717) is 39.8 Å². The molecule has 0 aliphatic carbocycles. The second-order valence-corrected chi connectivity index (χ2v) is 9.40. The topological polar surface area (TPSA) is 106 Å². The summed E-state index contributed by atoms with van der Waals surface area (Å²) in [5.41, 5.74) is 9.57. The average Bonchev–Trinajstić information content (AvgIpc) is 2.97. The second kappa shape index (κ2) is 12.7. The van der Waals surface area contributed by atoms with E-state index in [9.17, 15) is 9.59 Å². The van der Waals surface area contributed by atoms with Crippen molar-refractivity contribution in [2.24, 2.45) is 0 Å². The Balaban J connectivity index is 1.57. The number of ether oxygens (including phenoxy) is 2. The smallest absolute Gasteiger partial charge is 0.326 e. The van der Waals surface area contributed by atoms with Gasteiger partial charge >= 0.3 is 6.03 Å². The third kappa shape index (κ3) is 6.82. The highest BCUT2D eigenvalue weighted by Gasteiger charge is 2.19. The number of nitrogens with one attached hydrogen (secondary N) is 2. The molecule has 0 bridgehead atoms. The van der Waals surface area contributed by atoms with Gasteiger partial charge in [-0.15, -0.1) is 11.8 Å². The summed E-state index contributed by atoms with van der Waals surface area (Å²) in [6.07, 6.45) is 2.00. The first-order valence-corrected chi connectivity index (χ1v) is 13.3. The lowest BCUT2D eigenvalue weighted by Gasteiger charge is -2.24. The number of nitrogen functional groups attached to an aromatic ring is 1. The molecule has 9 heteroatoms. The predicted molar refractivity (Wildman–Crippen MR) is 158 cm³/mol. The summed E-state index contributed by atoms with van der Waals surface area (Å²) in [7, 11) is 3.11. The van der Waals surface area contributed by atoms with Gasteiger partial charge in [0, 0.05) is 27.9 Å². The molecule has 200 valence electrons. The van der Waals surface area contributed by atoms with Gasteiger partial charge in [-0.3, -0.25) is 9.69 Å². The molecule has 0 fully saturated rings. The van der Waals surface area contributed by atoms with Crippen LogP contribution in [0.15, 0.2) is 95.9 Å². The maximum atomic E-state index is 13.5. The number of benzene rings is 4. The van der Waals surface area contributed by atoms with E-state index in [0.717, 1.165) is 10.5 Å². The quantitative estimate of drug-likeness (QED) is 0.165. The molecule has 4 aromatic carbocycles. The van der Waals surface area contributed by atoms with Gasteiger partial charge in [-0.2, -0.15) is 0 Å². The van der Waals surface area contributed by atoms with Crippen LogP contribution in [0.4, 0.5) is 27.5 Å². The largest absolute Gasteiger partial charge is 0.493 e. The number of carbonyl (C=O) groups is 2. The van der Waals surface area contributed by atoms with Crippen molar-refractivity contribution in [1.82, 2.24) is 0 Å². The van der Waals surface area contributed by atoms with E-state index in [1.807, 2.05) is 42.7 Å². The number of methoxy groups -OCH3 is 2. The molecule has 0 aliphatic rings. The number of nitrogens with two attached hydrogens (primary N) is 1. The molecule has 0 heterocycles. The number of nitrogens with zero attached hydrogens (tertiary/aromatic N) is 1. The summed E-state index contributed by atoms with van der Waals surface area (Å²) >= 11 is 1.63. The molecular weight excluding hydrogens is 512 g/mol. The number of hydrogen-bond acceptors (Lipinski definition) is 6. The molecule has 0 radical (unpaired) electrons. The van der Waals surface area contributed by atoms with Crippen LogP contribution in [0.5, 0.6) is 11.5 Å². The zero-order valence-corrected chi connectivity index (χ0v) is 22.7. The van der Waals surface area contributed by atoms with Gasteiger partial charge in [0.1, 0.15) is 0 Å². The monoisotopic (exact) mass is 542 g/mol. The van der Waals surface area contributed by atoms with Crippen LogP contribution in [-0.4, -0.2) is 32.4 Å². The molecule has 0 saturated carbocycles. The molecule has 3 amide bonds. The summed E-state index contributed by atoms with van der Waals surface area (Å²) < 4.78 is 10.8. The molecule has 0 unspecified atom stereocenters. The first-order valence-electron chi connectivity index (χ1n) is 12.1.